The molecule has 12 rings (SSSR count). The molecule has 284 valence electrons. The second-order valence-electron chi connectivity index (χ2n) is 16.0. The fourth-order valence-electron chi connectivity index (χ4n) is 10.1. The van der Waals surface area contributed by atoms with E-state index >= 15 is 0 Å². The van der Waals surface area contributed by atoms with Gasteiger partial charge in [0, 0.05) is 16.7 Å². The van der Waals surface area contributed by atoms with Crippen molar-refractivity contribution in [2.75, 3.05) is 0 Å². The van der Waals surface area contributed by atoms with Crippen LogP contribution in [-0.2, 0) is 5.41 Å². The van der Waals surface area contributed by atoms with Crippen molar-refractivity contribution in [2.45, 2.75) is 5.41 Å². The highest BCUT2D eigenvalue weighted by Crippen LogP contribution is 2.58. The smallest absolute Gasteiger partial charge is 0.160 e. The highest BCUT2D eigenvalue weighted by Gasteiger charge is 2.46. The van der Waals surface area contributed by atoms with E-state index in [1.807, 2.05) is 6.07 Å². The van der Waals surface area contributed by atoms with Gasteiger partial charge in [0.2, 0.25) is 0 Å². The van der Waals surface area contributed by atoms with Crippen LogP contribution in [0.15, 0.2) is 231 Å². The predicted octanol–water partition coefficient (Wildman–Crippen LogP) is 15.0. The van der Waals surface area contributed by atoms with Crippen molar-refractivity contribution in [2.24, 2.45) is 0 Å². The van der Waals surface area contributed by atoms with Crippen LogP contribution in [0.5, 0.6) is 0 Å². The zero-order valence-corrected chi connectivity index (χ0v) is 33.3. The molecule has 0 saturated heterocycles. The minimum Gasteiger partial charge on any atom is -0.228 e. The minimum absolute atomic E-state index is 0.518. The molecule has 1 aliphatic carbocycles. The monoisotopic (exact) mass is 774 g/mol. The molecule has 0 N–H and O–H groups in total. The van der Waals surface area contributed by atoms with Crippen LogP contribution in [0.2, 0.25) is 0 Å². The second kappa shape index (κ2) is 14.1. The maximum absolute atomic E-state index is 5.30. The van der Waals surface area contributed by atoms with E-state index in [1.54, 1.807) is 0 Å². The molecule has 11 aromatic rings. The minimum atomic E-state index is -0.518. The summed E-state index contributed by atoms with van der Waals surface area (Å²) in [5, 5.41) is 7.21. The van der Waals surface area contributed by atoms with Crippen LogP contribution in [-0.4, -0.2) is 9.97 Å². The molecule has 61 heavy (non-hydrogen) atoms. The van der Waals surface area contributed by atoms with Crippen molar-refractivity contribution in [3.05, 3.63) is 253 Å². The number of hydrogen-bond acceptors (Lipinski definition) is 2. The summed E-state index contributed by atoms with van der Waals surface area (Å²) in [6.07, 6.45) is 0. The fraction of sp³-hybridized carbons (Fsp3) is 0.0169. The quantitative estimate of drug-likeness (QED) is 0.168. The molecule has 2 nitrogen and oxygen atoms in total. The molecule has 10 aromatic carbocycles. The summed E-state index contributed by atoms with van der Waals surface area (Å²) in [6.45, 7) is 0. The van der Waals surface area contributed by atoms with Gasteiger partial charge < -0.3 is 0 Å². The SMILES string of the molecule is c1ccc(-c2nc(-c3cccc4ccccc34)cc(-c3ccc(-c4ccc5c(c4)C(c4ccccc4)(c4ccccc4)c4ccc6ccccc6c4-5)c4ccccc34)n2)cc1. The standard InChI is InChI=1S/C59H38N2/c1-4-19-41(20-5-1)58-60-55(50-30-16-21-39-17-10-12-26-45(39)50)38-56(61-58)51-35-34-46(48-28-14-15-29-49(48)51)42-31-33-52-54(37-42)59(43-22-6-2-7-23-43,44-24-8-3-9-25-44)53-36-32-40-18-11-13-27-47(40)57(52)53/h1-38H. The lowest BCUT2D eigenvalue weighted by Crippen LogP contribution is -2.28. The Morgan fingerprint density at radius 1 is 0.295 bits per heavy atom. The molecule has 0 spiro atoms. The van der Waals surface area contributed by atoms with Gasteiger partial charge in [0.1, 0.15) is 0 Å². The van der Waals surface area contributed by atoms with Crippen molar-refractivity contribution in [1.29, 1.82) is 0 Å². The molecule has 1 aliphatic rings. The number of hydrogen-bond donors (Lipinski definition) is 0. The van der Waals surface area contributed by atoms with Crippen LogP contribution >= 0.6 is 0 Å². The van der Waals surface area contributed by atoms with Gasteiger partial charge >= 0.3 is 0 Å². The van der Waals surface area contributed by atoms with Crippen LogP contribution in [0, 0.1) is 0 Å². The van der Waals surface area contributed by atoms with Crippen LogP contribution in [0.25, 0.3) is 88.5 Å². The first-order valence-electron chi connectivity index (χ1n) is 21.0. The number of benzene rings is 10. The van der Waals surface area contributed by atoms with E-state index in [1.165, 1.54) is 71.4 Å². The number of rotatable bonds is 6. The van der Waals surface area contributed by atoms with Crippen molar-refractivity contribution in [1.82, 2.24) is 9.97 Å². The molecule has 0 unspecified atom stereocenters. The molecular weight excluding hydrogens is 737 g/mol. The van der Waals surface area contributed by atoms with Crippen LogP contribution in [0.1, 0.15) is 22.3 Å². The highest BCUT2D eigenvalue weighted by molar-refractivity contribution is 6.08. The average Bonchev–Trinajstić information content (AvgIpc) is 3.65. The Bertz CT molecular complexity index is 3420. The third-order valence-electron chi connectivity index (χ3n) is 12.8. The maximum Gasteiger partial charge on any atom is 0.160 e. The average molecular weight is 775 g/mol. The van der Waals surface area contributed by atoms with Gasteiger partial charge in [-0.3, -0.25) is 0 Å². The van der Waals surface area contributed by atoms with E-state index in [-0.39, 0.29) is 0 Å². The molecule has 2 heteroatoms. The predicted molar refractivity (Wildman–Crippen MR) is 254 cm³/mol. The molecule has 0 aliphatic heterocycles. The summed E-state index contributed by atoms with van der Waals surface area (Å²) in [4.78, 5) is 10.5. The first-order chi connectivity index (χ1) is 30.3. The van der Waals surface area contributed by atoms with Gasteiger partial charge in [-0.2, -0.15) is 0 Å². The summed E-state index contributed by atoms with van der Waals surface area (Å²) >= 11 is 0. The van der Waals surface area contributed by atoms with Gasteiger partial charge in [0.15, 0.2) is 5.82 Å². The number of aromatic nitrogens is 2. The summed E-state index contributed by atoms with van der Waals surface area (Å²) in [7, 11) is 0. The Morgan fingerprint density at radius 2 is 0.803 bits per heavy atom. The molecule has 1 aromatic heterocycles. The number of fused-ring (bicyclic) bond motifs is 7. The van der Waals surface area contributed by atoms with E-state index in [0.717, 1.165) is 33.5 Å². The Kier molecular flexibility index (Phi) is 8.11. The van der Waals surface area contributed by atoms with Gasteiger partial charge in [0.05, 0.1) is 16.8 Å². The summed E-state index contributed by atoms with van der Waals surface area (Å²) in [5.74, 6) is 0.707. The molecular formula is C59H38N2. The first-order valence-corrected chi connectivity index (χ1v) is 21.0. The Balaban J connectivity index is 1.09. The van der Waals surface area contributed by atoms with Crippen molar-refractivity contribution >= 4 is 32.3 Å². The van der Waals surface area contributed by atoms with Crippen molar-refractivity contribution in [3.63, 3.8) is 0 Å². The molecule has 1 heterocycles. The van der Waals surface area contributed by atoms with Crippen LogP contribution in [0.3, 0.4) is 0 Å². The molecule has 0 radical (unpaired) electrons. The first kappa shape index (κ1) is 35.0. The largest absolute Gasteiger partial charge is 0.228 e. The molecule has 0 atom stereocenters. The fourth-order valence-corrected chi connectivity index (χ4v) is 10.1. The van der Waals surface area contributed by atoms with E-state index in [9.17, 15) is 0 Å². The second-order valence-corrected chi connectivity index (χ2v) is 16.0. The van der Waals surface area contributed by atoms with E-state index in [0.29, 0.717) is 5.82 Å². The topological polar surface area (TPSA) is 25.8 Å². The Morgan fingerprint density at radius 3 is 1.49 bits per heavy atom. The zero-order chi connectivity index (χ0) is 40.3. The van der Waals surface area contributed by atoms with Crippen molar-refractivity contribution in [3.8, 4) is 56.2 Å². The van der Waals surface area contributed by atoms with E-state index in [4.69, 9.17) is 9.97 Å². The third-order valence-corrected chi connectivity index (χ3v) is 12.8. The maximum atomic E-state index is 5.30. The lowest BCUT2D eigenvalue weighted by atomic mass is 9.67. The lowest BCUT2D eigenvalue weighted by molar-refractivity contribution is 0.769. The molecule has 0 bridgehead atoms. The molecule has 0 fully saturated rings. The van der Waals surface area contributed by atoms with Crippen LogP contribution < -0.4 is 0 Å². The lowest BCUT2D eigenvalue weighted by Gasteiger charge is -2.34. The van der Waals surface area contributed by atoms with Crippen LogP contribution in [0.4, 0.5) is 0 Å². The number of nitrogens with zero attached hydrogens (tertiary/aromatic N) is 2. The summed E-state index contributed by atoms with van der Waals surface area (Å²) in [5.41, 5.74) is 14.5. The Labute approximate surface area is 355 Å². The third kappa shape index (κ3) is 5.50. The van der Waals surface area contributed by atoms with Crippen molar-refractivity contribution < 1.29 is 0 Å². The van der Waals surface area contributed by atoms with Gasteiger partial charge in [-0.05, 0) is 89.0 Å². The zero-order valence-electron chi connectivity index (χ0n) is 33.3. The summed E-state index contributed by atoms with van der Waals surface area (Å²) < 4.78 is 0. The highest BCUT2D eigenvalue weighted by atomic mass is 14.9. The van der Waals surface area contributed by atoms with Gasteiger partial charge in [-0.1, -0.05) is 218 Å². The normalized spacial score (nSPS) is 12.7. The van der Waals surface area contributed by atoms with E-state index in [2.05, 4.69) is 224 Å². The van der Waals surface area contributed by atoms with Gasteiger partial charge in [-0.25, -0.2) is 9.97 Å². The van der Waals surface area contributed by atoms with E-state index < -0.39 is 5.41 Å². The van der Waals surface area contributed by atoms with Gasteiger partial charge in [0.25, 0.3) is 0 Å². The molecule has 0 amide bonds. The molecule has 0 saturated carbocycles. The Hall–Kier alpha value is -7.94. The van der Waals surface area contributed by atoms with Gasteiger partial charge in [-0.15, -0.1) is 0 Å². The summed E-state index contributed by atoms with van der Waals surface area (Å²) in [6, 6.07) is 83.6.